The normalized spacial score (nSPS) is 13.3. The van der Waals surface area contributed by atoms with Gasteiger partial charge in [0, 0.05) is 12.4 Å². The first-order valence-corrected chi connectivity index (χ1v) is 7.83. The van der Waals surface area contributed by atoms with Crippen molar-refractivity contribution in [3.63, 3.8) is 0 Å². The highest BCUT2D eigenvalue weighted by Crippen LogP contribution is 2.12. The predicted molar refractivity (Wildman–Crippen MR) is 75.1 cm³/mol. The van der Waals surface area contributed by atoms with Crippen LogP contribution in [-0.4, -0.2) is 23.5 Å². The predicted octanol–water partition coefficient (Wildman–Crippen LogP) is 1.08. The highest BCUT2D eigenvalue weighted by atomic mass is 32.2. The SMILES string of the molecule is CC(NS(=O)(=O)Cc1cccc(CO)c1)c1ncc[nH]1. The Hall–Kier alpha value is -1.70. The second kappa shape index (κ2) is 6.17. The Morgan fingerprint density at radius 3 is 2.80 bits per heavy atom. The summed E-state index contributed by atoms with van der Waals surface area (Å²) in [5, 5.41) is 9.05. The lowest BCUT2D eigenvalue weighted by atomic mass is 10.1. The molecule has 0 amide bonds. The first kappa shape index (κ1) is 14.7. The van der Waals surface area contributed by atoms with Gasteiger partial charge in [0.15, 0.2) is 0 Å². The molecule has 0 fully saturated rings. The largest absolute Gasteiger partial charge is 0.392 e. The molecule has 1 heterocycles. The van der Waals surface area contributed by atoms with E-state index in [0.717, 1.165) is 0 Å². The summed E-state index contributed by atoms with van der Waals surface area (Å²) in [6.07, 6.45) is 3.22. The summed E-state index contributed by atoms with van der Waals surface area (Å²) in [6.45, 7) is 1.62. The van der Waals surface area contributed by atoms with Gasteiger partial charge >= 0.3 is 0 Å². The number of aliphatic hydroxyl groups is 1. The van der Waals surface area contributed by atoms with E-state index < -0.39 is 16.1 Å². The molecular formula is C13H17N3O3S. The number of aromatic nitrogens is 2. The minimum absolute atomic E-state index is 0.107. The molecule has 1 atom stereocenters. The summed E-state index contributed by atoms with van der Waals surface area (Å²) in [5.74, 6) is 0.434. The van der Waals surface area contributed by atoms with Crippen molar-refractivity contribution in [2.75, 3.05) is 0 Å². The van der Waals surface area contributed by atoms with E-state index in [1.807, 2.05) is 0 Å². The average Bonchev–Trinajstić information content (AvgIpc) is 2.91. The van der Waals surface area contributed by atoms with Gasteiger partial charge in [0.05, 0.1) is 18.4 Å². The zero-order chi connectivity index (χ0) is 14.6. The molecule has 0 saturated carbocycles. The van der Waals surface area contributed by atoms with Crippen LogP contribution in [0, 0.1) is 0 Å². The fraction of sp³-hybridized carbons (Fsp3) is 0.308. The van der Waals surface area contributed by atoms with Crippen LogP contribution in [0.4, 0.5) is 0 Å². The second-order valence-corrected chi connectivity index (χ2v) is 6.30. The molecule has 7 heteroatoms. The molecule has 0 spiro atoms. The number of hydrogen-bond donors (Lipinski definition) is 3. The molecule has 2 aromatic rings. The zero-order valence-corrected chi connectivity index (χ0v) is 11.9. The van der Waals surface area contributed by atoms with Gasteiger partial charge in [-0.1, -0.05) is 24.3 Å². The van der Waals surface area contributed by atoms with E-state index in [1.165, 1.54) is 0 Å². The van der Waals surface area contributed by atoms with Gasteiger partial charge in [-0.05, 0) is 18.1 Å². The summed E-state index contributed by atoms with van der Waals surface area (Å²) in [6, 6.07) is 6.45. The number of aromatic amines is 1. The van der Waals surface area contributed by atoms with Crippen LogP contribution in [0.3, 0.4) is 0 Å². The number of imidazole rings is 1. The van der Waals surface area contributed by atoms with Gasteiger partial charge in [-0.25, -0.2) is 18.1 Å². The monoisotopic (exact) mass is 295 g/mol. The third-order valence-corrected chi connectivity index (χ3v) is 4.24. The Labute approximate surface area is 117 Å². The average molecular weight is 295 g/mol. The highest BCUT2D eigenvalue weighted by molar-refractivity contribution is 7.88. The van der Waals surface area contributed by atoms with E-state index in [0.29, 0.717) is 17.0 Å². The molecule has 1 unspecified atom stereocenters. The number of aliphatic hydroxyl groups excluding tert-OH is 1. The smallest absolute Gasteiger partial charge is 0.216 e. The number of nitrogens with one attached hydrogen (secondary N) is 2. The van der Waals surface area contributed by atoms with Gasteiger partial charge < -0.3 is 10.1 Å². The van der Waals surface area contributed by atoms with Crippen LogP contribution in [0.1, 0.15) is 29.9 Å². The van der Waals surface area contributed by atoms with Crippen LogP contribution in [0.5, 0.6) is 0 Å². The van der Waals surface area contributed by atoms with Crippen molar-refractivity contribution in [2.24, 2.45) is 0 Å². The number of H-pyrrole nitrogens is 1. The zero-order valence-electron chi connectivity index (χ0n) is 11.1. The highest BCUT2D eigenvalue weighted by Gasteiger charge is 2.17. The molecule has 0 radical (unpaired) electrons. The Kier molecular flexibility index (Phi) is 4.53. The third-order valence-electron chi connectivity index (χ3n) is 2.82. The Balaban J connectivity index is 2.07. The van der Waals surface area contributed by atoms with Crippen molar-refractivity contribution >= 4 is 10.0 Å². The standard InChI is InChI=1S/C13H17N3O3S/c1-10(13-14-5-6-15-13)16-20(18,19)9-12-4-2-3-11(7-12)8-17/h2-7,10,16-17H,8-9H2,1H3,(H,14,15). The topological polar surface area (TPSA) is 95.1 Å². The molecule has 20 heavy (non-hydrogen) atoms. The summed E-state index contributed by atoms with van der Waals surface area (Å²) in [7, 11) is -3.48. The fourth-order valence-electron chi connectivity index (χ4n) is 1.92. The van der Waals surface area contributed by atoms with Crippen LogP contribution in [0.15, 0.2) is 36.7 Å². The molecule has 0 aliphatic rings. The molecule has 108 valence electrons. The van der Waals surface area contributed by atoms with Crippen LogP contribution in [0.25, 0.3) is 0 Å². The lowest BCUT2D eigenvalue weighted by molar-refractivity contribution is 0.282. The quantitative estimate of drug-likeness (QED) is 0.743. The molecule has 1 aromatic carbocycles. The van der Waals surface area contributed by atoms with Crippen molar-refractivity contribution in [3.05, 3.63) is 53.6 Å². The molecule has 6 nitrogen and oxygen atoms in total. The van der Waals surface area contributed by atoms with Gasteiger partial charge in [-0.2, -0.15) is 0 Å². The molecule has 0 bridgehead atoms. The summed E-state index contributed by atoms with van der Waals surface area (Å²) >= 11 is 0. The molecule has 2 rings (SSSR count). The molecule has 3 N–H and O–H groups in total. The summed E-state index contributed by atoms with van der Waals surface area (Å²) < 4.78 is 26.7. The maximum Gasteiger partial charge on any atom is 0.216 e. The number of rotatable bonds is 6. The minimum atomic E-state index is -3.48. The number of sulfonamides is 1. The lowest BCUT2D eigenvalue weighted by Gasteiger charge is -2.12. The molecular weight excluding hydrogens is 278 g/mol. The Bertz CT molecular complexity index is 653. The fourth-order valence-corrected chi connectivity index (χ4v) is 3.27. The van der Waals surface area contributed by atoms with Crippen molar-refractivity contribution in [3.8, 4) is 0 Å². The van der Waals surface area contributed by atoms with Crippen molar-refractivity contribution < 1.29 is 13.5 Å². The van der Waals surface area contributed by atoms with Crippen LogP contribution < -0.4 is 4.72 Å². The van der Waals surface area contributed by atoms with Crippen molar-refractivity contribution in [1.82, 2.24) is 14.7 Å². The Morgan fingerprint density at radius 1 is 1.40 bits per heavy atom. The lowest BCUT2D eigenvalue weighted by Crippen LogP contribution is -2.28. The van der Waals surface area contributed by atoms with Crippen LogP contribution >= 0.6 is 0 Å². The molecule has 0 aliphatic heterocycles. The second-order valence-electron chi connectivity index (χ2n) is 4.55. The molecule has 0 saturated heterocycles. The van der Waals surface area contributed by atoms with Crippen molar-refractivity contribution in [2.45, 2.75) is 25.3 Å². The first-order valence-electron chi connectivity index (χ1n) is 6.18. The van der Waals surface area contributed by atoms with Gasteiger partial charge in [-0.3, -0.25) is 0 Å². The van der Waals surface area contributed by atoms with Gasteiger partial charge in [0.2, 0.25) is 10.0 Å². The summed E-state index contributed by atoms with van der Waals surface area (Å²) in [4.78, 5) is 6.89. The number of benzene rings is 1. The van der Waals surface area contributed by atoms with E-state index in [-0.39, 0.29) is 12.4 Å². The third kappa shape index (κ3) is 3.89. The van der Waals surface area contributed by atoms with Crippen LogP contribution in [-0.2, 0) is 22.4 Å². The number of nitrogens with zero attached hydrogens (tertiary/aromatic N) is 1. The Morgan fingerprint density at radius 2 is 2.15 bits per heavy atom. The van der Waals surface area contributed by atoms with E-state index in [1.54, 1.807) is 43.6 Å². The van der Waals surface area contributed by atoms with E-state index in [2.05, 4.69) is 14.7 Å². The summed E-state index contributed by atoms with van der Waals surface area (Å²) in [5.41, 5.74) is 1.33. The van der Waals surface area contributed by atoms with Crippen LogP contribution in [0.2, 0.25) is 0 Å². The molecule has 1 aromatic heterocycles. The van der Waals surface area contributed by atoms with Gasteiger partial charge in [0.1, 0.15) is 5.82 Å². The number of hydrogen-bond acceptors (Lipinski definition) is 4. The minimum Gasteiger partial charge on any atom is -0.392 e. The van der Waals surface area contributed by atoms with E-state index in [9.17, 15) is 8.42 Å². The molecule has 0 aliphatic carbocycles. The van der Waals surface area contributed by atoms with Gasteiger partial charge in [-0.15, -0.1) is 0 Å². The first-order chi connectivity index (χ1) is 9.50. The van der Waals surface area contributed by atoms with Gasteiger partial charge in [0.25, 0.3) is 0 Å². The maximum atomic E-state index is 12.1. The maximum absolute atomic E-state index is 12.1. The van der Waals surface area contributed by atoms with E-state index >= 15 is 0 Å². The van der Waals surface area contributed by atoms with E-state index in [4.69, 9.17) is 5.11 Å². The van der Waals surface area contributed by atoms with Crippen molar-refractivity contribution in [1.29, 1.82) is 0 Å².